The second-order valence-electron chi connectivity index (χ2n) is 8.95. The number of hydrogen-bond acceptors (Lipinski definition) is 4. The summed E-state index contributed by atoms with van der Waals surface area (Å²) in [6.07, 6.45) is 7.49. The van der Waals surface area contributed by atoms with E-state index in [1.807, 2.05) is 0 Å². The quantitative estimate of drug-likeness (QED) is 0.434. The van der Waals surface area contributed by atoms with Gasteiger partial charge in [-0.15, -0.1) is 0 Å². The zero-order valence-electron chi connectivity index (χ0n) is 19.6. The van der Waals surface area contributed by atoms with Crippen molar-refractivity contribution in [2.75, 3.05) is 18.0 Å². The van der Waals surface area contributed by atoms with Gasteiger partial charge in [-0.3, -0.25) is 9.59 Å². The van der Waals surface area contributed by atoms with E-state index in [2.05, 4.69) is 16.8 Å². The highest BCUT2D eigenvalue weighted by atomic mass is 19.1. The van der Waals surface area contributed by atoms with Crippen molar-refractivity contribution in [3.63, 3.8) is 0 Å². The van der Waals surface area contributed by atoms with Crippen molar-refractivity contribution in [1.29, 1.82) is 0 Å². The molecule has 0 aliphatic carbocycles. The van der Waals surface area contributed by atoms with E-state index in [1.54, 1.807) is 36.5 Å². The Hall–Kier alpha value is -3.35. The van der Waals surface area contributed by atoms with Crippen LogP contribution in [0, 0.1) is 5.82 Å². The van der Waals surface area contributed by atoms with E-state index >= 15 is 0 Å². The molecule has 3 aromatic rings. The first kappa shape index (κ1) is 23.8. The smallest absolute Gasteiger partial charge is 0.217 e. The molecular formula is C27H32FN3O3. The Bertz CT molecular complexity index is 1200. The van der Waals surface area contributed by atoms with Gasteiger partial charge in [0.15, 0.2) is 5.43 Å². The molecular weight excluding hydrogens is 433 g/mol. The van der Waals surface area contributed by atoms with Gasteiger partial charge in [0.25, 0.3) is 0 Å². The summed E-state index contributed by atoms with van der Waals surface area (Å²) in [7, 11) is 0. The number of anilines is 1. The van der Waals surface area contributed by atoms with Crippen molar-refractivity contribution in [2.45, 2.75) is 58.0 Å². The summed E-state index contributed by atoms with van der Waals surface area (Å²) in [6, 6.07) is 10.3. The van der Waals surface area contributed by atoms with Gasteiger partial charge in [0, 0.05) is 31.3 Å². The largest absolute Gasteiger partial charge is 0.490 e. The summed E-state index contributed by atoms with van der Waals surface area (Å²) in [5, 5.41) is 0.0910. The predicted molar refractivity (Wildman–Crippen MR) is 134 cm³/mol. The minimum absolute atomic E-state index is 0.0910. The molecule has 1 atom stereocenters. The van der Waals surface area contributed by atoms with Crippen LogP contribution in [0.5, 0.6) is 5.75 Å². The summed E-state index contributed by atoms with van der Waals surface area (Å²) >= 11 is 0. The Balaban J connectivity index is 1.59. The van der Waals surface area contributed by atoms with Gasteiger partial charge < -0.3 is 20.4 Å². The molecule has 1 aliphatic rings. The van der Waals surface area contributed by atoms with Crippen molar-refractivity contribution in [2.24, 2.45) is 5.73 Å². The molecule has 3 N–H and O–H groups in total. The summed E-state index contributed by atoms with van der Waals surface area (Å²) in [6.45, 7) is 3.92. The van der Waals surface area contributed by atoms with E-state index in [9.17, 15) is 14.0 Å². The Kier molecular flexibility index (Phi) is 7.50. The number of H-pyrrole nitrogens is 1. The van der Waals surface area contributed by atoms with Crippen LogP contribution in [-0.2, 0) is 4.79 Å². The van der Waals surface area contributed by atoms with Gasteiger partial charge in [-0.25, -0.2) is 4.39 Å². The molecule has 1 fully saturated rings. The fraction of sp³-hybridized carbons (Fsp3) is 0.407. The molecule has 2 heterocycles. The van der Waals surface area contributed by atoms with Crippen LogP contribution in [0.15, 0.2) is 47.4 Å². The molecule has 1 unspecified atom stereocenters. The highest BCUT2D eigenvalue weighted by Crippen LogP contribution is 2.30. The third kappa shape index (κ3) is 5.24. The number of aromatic nitrogens is 1. The predicted octanol–water partition coefficient (Wildman–Crippen LogP) is 5.14. The van der Waals surface area contributed by atoms with E-state index in [0.29, 0.717) is 28.8 Å². The van der Waals surface area contributed by atoms with Crippen molar-refractivity contribution >= 4 is 22.5 Å². The molecule has 6 nitrogen and oxygen atoms in total. The number of rotatable bonds is 10. The number of ether oxygens (including phenoxy) is 1. The van der Waals surface area contributed by atoms with Crippen LogP contribution in [0.3, 0.4) is 0 Å². The molecule has 34 heavy (non-hydrogen) atoms. The van der Waals surface area contributed by atoms with Crippen molar-refractivity contribution in [3.05, 3.63) is 58.6 Å². The van der Waals surface area contributed by atoms with Gasteiger partial charge in [0.05, 0.1) is 22.7 Å². The van der Waals surface area contributed by atoms with Gasteiger partial charge in [-0.2, -0.15) is 0 Å². The second-order valence-corrected chi connectivity index (χ2v) is 8.95. The average molecular weight is 466 g/mol. The molecule has 4 rings (SSSR count). The molecule has 1 aliphatic heterocycles. The lowest BCUT2D eigenvalue weighted by atomic mass is 10.0. The molecule has 1 amide bonds. The highest BCUT2D eigenvalue weighted by Gasteiger charge is 2.20. The number of nitrogens with zero attached hydrogens (tertiary/aromatic N) is 1. The van der Waals surface area contributed by atoms with Crippen molar-refractivity contribution < 1.29 is 13.9 Å². The normalized spacial score (nSPS) is 14.5. The number of fused-ring (bicyclic) bond motifs is 1. The summed E-state index contributed by atoms with van der Waals surface area (Å²) < 4.78 is 20.8. The fourth-order valence-electron chi connectivity index (χ4n) is 4.62. The number of carbonyl (C=O) groups excluding carboxylic acids is 1. The van der Waals surface area contributed by atoms with Gasteiger partial charge in [-0.1, -0.05) is 31.9 Å². The number of amides is 1. The maximum absolute atomic E-state index is 14.8. The number of benzene rings is 2. The molecule has 1 aromatic heterocycles. The molecule has 7 heteroatoms. The van der Waals surface area contributed by atoms with Crippen LogP contribution in [0.1, 0.15) is 51.9 Å². The molecule has 0 saturated carbocycles. The lowest BCUT2D eigenvalue weighted by Gasteiger charge is -2.20. The Labute approximate surface area is 198 Å². The van der Waals surface area contributed by atoms with E-state index in [0.717, 1.165) is 50.9 Å². The number of unbranched alkanes of at least 4 members (excludes halogenated alkanes) is 1. The van der Waals surface area contributed by atoms with Gasteiger partial charge in [0.2, 0.25) is 5.91 Å². The third-order valence-corrected chi connectivity index (χ3v) is 6.47. The Morgan fingerprint density at radius 1 is 1.15 bits per heavy atom. The average Bonchev–Trinajstić information content (AvgIpc) is 3.36. The summed E-state index contributed by atoms with van der Waals surface area (Å²) in [5.74, 6) is -0.195. The maximum Gasteiger partial charge on any atom is 0.217 e. The molecule has 2 aromatic carbocycles. The minimum atomic E-state index is -0.519. The van der Waals surface area contributed by atoms with E-state index in [4.69, 9.17) is 10.5 Å². The first-order chi connectivity index (χ1) is 16.5. The van der Waals surface area contributed by atoms with Crippen molar-refractivity contribution in [1.82, 2.24) is 4.98 Å². The number of aromatic amines is 1. The molecule has 180 valence electrons. The van der Waals surface area contributed by atoms with Gasteiger partial charge in [0.1, 0.15) is 11.6 Å². The number of carbonyl (C=O) groups is 1. The van der Waals surface area contributed by atoms with Crippen LogP contribution in [0.25, 0.3) is 22.0 Å². The molecule has 0 spiro atoms. The zero-order valence-corrected chi connectivity index (χ0v) is 19.6. The molecule has 0 bridgehead atoms. The van der Waals surface area contributed by atoms with Crippen molar-refractivity contribution in [3.8, 4) is 16.9 Å². The van der Waals surface area contributed by atoms with Crippen LogP contribution < -0.4 is 20.8 Å². The Morgan fingerprint density at radius 2 is 1.88 bits per heavy atom. The lowest BCUT2D eigenvalue weighted by molar-refractivity contribution is -0.118. The number of pyridine rings is 1. The number of primary amides is 1. The number of nitrogens with two attached hydrogens (primary N) is 1. The maximum atomic E-state index is 14.8. The standard InChI is InChI=1S/C27H32FN3O3/c1-2-3-6-19(11-14-24(29)32)34-20-9-7-18(8-10-20)21-17-30-26-23(31-15-4-5-16-31)13-12-22(28)25(26)27(21)33/h7-10,12-13,17,19H,2-6,11,14-16H2,1H3,(H2,29,32)(H,30,33). The van der Waals surface area contributed by atoms with Crippen LogP contribution in [-0.4, -0.2) is 30.1 Å². The number of nitrogens with one attached hydrogen (secondary N) is 1. The summed E-state index contributed by atoms with van der Waals surface area (Å²) in [4.78, 5) is 29.9. The second kappa shape index (κ2) is 10.7. The highest BCUT2D eigenvalue weighted by molar-refractivity contribution is 5.93. The molecule has 0 radical (unpaired) electrons. The number of halogens is 1. The van der Waals surface area contributed by atoms with Crippen LogP contribution in [0.4, 0.5) is 10.1 Å². The zero-order chi connectivity index (χ0) is 24.1. The summed E-state index contributed by atoms with van der Waals surface area (Å²) in [5.41, 5.74) is 7.48. The van der Waals surface area contributed by atoms with Gasteiger partial charge >= 0.3 is 0 Å². The van der Waals surface area contributed by atoms with Crippen LogP contribution >= 0.6 is 0 Å². The fourth-order valence-corrected chi connectivity index (χ4v) is 4.62. The lowest BCUT2D eigenvalue weighted by Crippen LogP contribution is -2.20. The first-order valence-electron chi connectivity index (χ1n) is 12.1. The number of hydrogen-bond donors (Lipinski definition) is 2. The molecule has 1 saturated heterocycles. The van der Waals surface area contributed by atoms with E-state index in [1.165, 1.54) is 6.07 Å². The topological polar surface area (TPSA) is 88.4 Å². The monoisotopic (exact) mass is 465 g/mol. The van der Waals surface area contributed by atoms with E-state index < -0.39 is 5.82 Å². The third-order valence-electron chi connectivity index (χ3n) is 6.47. The SMILES string of the molecule is CCCCC(CCC(N)=O)Oc1ccc(-c2c[nH]c3c(N4CCCC4)ccc(F)c3c2=O)cc1. The minimum Gasteiger partial charge on any atom is -0.490 e. The van der Waals surface area contributed by atoms with Crippen LogP contribution in [0.2, 0.25) is 0 Å². The van der Waals surface area contributed by atoms with Gasteiger partial charge in [-0.05, 0) is 55.5 Å². The first-order valence-corrected chi connectivity index (χ1v) is 12.1. The van der Waals surface area contributed by atoms with E-state index in [-0.39, 0.29) is 29.2 Å². The Morgan fingerprint density at radius 3 is 2.56 bits per heavy atom.